The quantitative estimate of drug-likeness (QED) is 0.691. The predicted octanol–water partition coefficient (Wildman–Crippen LogP) is 4.78. The molecule has 2 heterocycles. The van der Waals surface area contributed by atoms with E-state index in [2.05, 4.69) is 27.5 Å². The molecule has 0 radical (unpaired) electrons. The van der Waals surface area contributed by atoms with E-state index in [0.717, 1.165) is 24.5 Å². The Kier molecular flexibility index (Phi) is 6.56. The summed E-state index contributed by atoms with van der Waals surface area (Å²) < 4.78 is 40.1. The summed E-state index contributed by atoms with van der Waals surface area (Å²) >= 11 is 5.27. The summed E-state index contributed by atoms with van der Waals surface area (Å²) in [7, 11) is 0. The summed E-state index contributed by atoms with van der Waals surface area (Å²) in [6.07, 6.45) is -2.59. The second kappa shape index (κ2) is 8.94. The van der Waals surface area contributed by atoms with E-state index < -0.39 is 11.9 Å². The number of halogens is 3. The Morgan fingerprint density at radius 1 is 1.24 bits per heavy atom. The third-order valence-electron chi connectivity index (χ3n) is 4.86. The van der Waals surface area contributed by atoms with Gasteiger partial charge >= 0.3 is 6.18 Å². The van der Waals surface area contributed by atoms with Gasteiger partial charge in [-0.3, -0.25) is 0 Å². The molecule has 1 fully saturated rings. The van der Waals surface area contributed by atoms with Crippen LogP contribution in [0.1, 0.15) is 44.0 Å². The lowest BCUT2D eigenvalue weighted by Gasteiger charge is -2.32. The Balaban J connectivity index is 1.78. The van der Waals surface area contributed by atoms with Crippen molar-refractivity contribution in [3.63, 3.8) is 0 Å². The zero-order chi connectivity index (χ0) is 21.0. The molecule has 0 amide bonds. The Bertz CT molecular complexity index is 844. The average Bonchev–Trinajstić information content (AvgIpc) is 2.67. The van der Waals surface area contributed by atoms with Crippen LogP contribution < -0.4 is 15.5 Å². The van der Waals surface area contributed by atoms with Crippen molar-refractivity contribution in [2.24, 2.45) is 5.92 Å². The number of rotatable bonds is 4. The Labute approximate surface area is 173 Å². The number of nitrogens with zero attached hydrogens (tertiary/aromatic N) is 3. The number of thiocarbonyl (C=S) groups is 1. The summed E-state index contributed by atoms with van der Waals surface area (Å²) in [6, 6.07) is 10.5. The largest absolute Gasteiger partial charge is 0.433 e. The molecular formula is C20H24F3N5S. The molecule has 0 spiro atoms. The lowest BCUT2D eigenvalue weighted by molar-refractivity contribution is -0.141. The van der Waals surface area contributed by atoms with Crippen LogP contribution in [-0.4, -0.2) is 28.2 Å². The summed E-state index contributed by atoms with van der Waals surface area (Å²) in [5.41, 5.74) is 0.0201. The first-order valence-electron chi connectivity index (χ1n) is 9.56. The molecule has 0 unspecified atom stereocenters. The van der Waals surface area contributed by atoms with Crippen molar-refractivity contribution in [3.05, 3.63) is 47.7 Å². The number of hydrogen-bond donors (Lipinski definition) is 2. The number of hydrogen-bond acceptors (Lipinski definition) is 4. The maximum absolute atomic E-state index is 13.4. The van der Waals surface area contributed by atoms with E-state index in [-0.39, 0.29) is 22.9 Å². The molecule has 1 aliphatic heterocycles. The van der Waals surface area contributed by atoms with Gasteiger partial charge in [0.25, 0.3) is 0 Å². The highest BCUT2D eigenvalue weighted by molar-refractivity contribution is 7.80. The maximum Gasteiger partial charge on any atom is 0.433 e. The fourth-order valence-electron chi connectivity index (χ4n) is 3.35. The number of aromatic nitrogens is 2. The van der Waals surface area contributed by atoms with Gasteiger partial charge in [-0.15, -0.1) is 0 Å². The topological polar surface area (TPSA) is 53.1 Å². The first kappa shape index (κ1) is 21.3. The van der Waals surface area contributed by atoms with Crippen molar-refractivity contribution in [1.29, 1.82) is 0 Å². The first-order chi connectivity index (χ1) is 13.7. The van der Waals surface area contributed by atoms with Gasteiger partial charge in [0.2, 0.25) is 5.95 Å². The Hall–Kier alpha value is -2.42. The number of alkyl halides is 3. The fraction of sp³-hybridized carbons (Fsp3) is 0.450. The predicted molar refractivity (Wildman–Crippen MR) is 112 cm³/mol. The highest BCUT2D eigenvalue weighted by Gasteiger charge is 2.34. The number of benzene rings is 1. The average molecular weight is 424 g/mol. The van der Waals surface area contributed by atoms with Crippen LogP contribution in [0.25, 0.3) is 0 Å². The minimum Gasteiger partial charge on any atom is -0.356 e. The van der Waals surface area contributed by atoms with Gasteiger partial charge in [0.15, 0.2) is 10.8 Å². The molecule has 1 aliphatic rings. The van der Waals surface area contributed by atoms with Gasteiger partial charge in [-0.1, -0.05) is 37.3 Å². The van der Waals surface area contributed by atoms with E-state index >= 15 is 0 Å². The highest BCUT2D eigenvalue weighted by Crippen LogP contribution is 2.31. The normalized spacial score (nSPS) is 18.2. The van der Waals surface area contributed by atoms with Crippen LogP contribution in [0.3, 0.4) is 0 Å². The van der Waals surface area contributed by atoms with Gasteiger partial charge in [0, 0.05) is 19.2 Å². The molecule has 5 nitrogen and oxygen atoms in total. The first-order valence-corrected chi connectivity index (χ1v) is 9.97. The third-order valence-corrected chi connectivity index (χ3v) is 5.08. The molecule has 0 aliphatic carbocycles. The fourth-order valence-corrected chi connectivity index (χ4v) is 3.62. The molecular weight excluding hydrogens is 399 g/mol. The standard InChI is InChI=1S/C20H24F3N5S/c1-13-7-6-10-28(12-13)17-11-16(20(21,22)23)25-18(26-17)27-19(29)24-14(2)15-8-4-3-5-9-15/h3-5,8-9,11,13-14H,6-7,10,12H2,1-2H3,(H2,24,25,26,27,29)/t13-,14-/m0/s1. The summed E-state index contributed by atoms with van der Waals surface area (Å²) in [5, 5.41) is 5.94. The van der Waals surface area contributed by atoms with Crippen molar-refractivity contribution >= 4 is 29.1 Å². The van der Waals surface area contributed by atoms with Gasteiger partial charge < -0.3 is 15.5 Å². The molecule has 29 heavy (non-hydrogen) atoms. The Morgan fingerprint density at radius 2 is 1.97 bits per heavy atom. The molecule has 156 valence electrons. The third kappa shape index (κ3) is 5.79. The van der Waals surface area contributed by atoms with Crippen LogP contribution in [0, 0.1) is 5.92 Å². The summed E-state index contributed by atoms with van der Waals surface area (Å²) in [6.45, 7) is 5.34. The second-order valence-corrected chi connectivity index (χ2v) is 7.77. The molecule has 9 heteroatoms. The van der Waals surface area contributed by atoms with Gasteiger partial charge in [0.1, 0.15) is 5.82 Å². The van der Waals surface area contributed by atoms with E-state index in [1.54, 1.807) is 0 Å². The van der Waals surface area contributed by atoms with Gasteiger partial charge in [-0.25, -0.2) is 4.98 Å². The van der Waals surface area contributed by atoms with E-state index in [1.165, 1.54) is 0 Å². The van der Waals surface area contributed by atoms with Crippen LogP contribution in [-0.2, 0) is 6.18 Å². The van der Waals surface area contributed by atoms with Crippen LogP contribution in [0.15, 0.2) is 36.4 Å². The number of nitrogens with one attached hydrogen (secondary N) is 2. The summed E-state index contributed by atoms with van der Waals surface area (Å²) in [4.78, 5) is 9.81. The molecule has 2 atom stereocenters. The van der Waals surface area contributed by atoms with E-state index in [0.29, 0.717) is 19.0 Å². The molecule has 2 aromatic rings. The van der Waals surface area contributed by atoms with Gasteiger partial charge in [0.05, 0.1) is 6.04 Å². The van der Waals surface area contributed by atoms with Crippen LogP contribution in [0.5, 0.6) is 0 Å². The van der Waals surface area contributed by atoms with Crippen LogP contribution in [0.4, 0.5) is 24.9 Å². The molecule has 1 aromatic heterocycles. The van der Waals surface area contributed by atoms with Crippen molar-refractivity contribution in [1.82, 2.24) is 15.3 Å². The molecule has 2 N–H and O–H groups in total. The zero-order valence-electron chi connectivity index (χ0n) is 16.3. The smallest absolute Gasteiger partial charge is 0.356 e. The molecule has 1 saturated heterocycles. The minimum absolute atomic E-state index is 0.121. The molecule has 0 bridgehead atoms. The maximum atomic E-state index is 13.4. The lowest BCUT2D eigenvalue weighted by atomic mass is 10.0. The summed E-state index contributed by atoms with van der Waals surface area (Å²) in [5.74, 6) is 0.505. The van der Waals surface area contributed by atoms with Gasteiger partial charge in [-0.2, -0.15) is 18.2 Å². The second-order valence-electron chi connectivity index (χ2n) is 7.36. The number of anilines is 2. The van der Waals surface area contributed by atoms with Crippen molar-refractivity contribution in [3.8, 4) is 0 Å². The van der Waals surface area contributed by atoms with E-state index in [1.807, 2.05) is 42.2 Å². The molecule has 0 saturated carbocycles. The number of piperidine rings is 1. The molecule has 3 rings (SSSR count). The Morgan fingerprint density at radius 3 is 2.62 bits per heavy atom. The van der Waals surface area contributed by atoms with Crippen molar-refractivity contribution < 1.29 is 13.2 Å². The highest BCUT2D eigenvalue weighted by atomic mass is 32.1. The monoisotopic (exact) mass is 423 g/mol. The van der Waals surface area contributed by atoms with Crippen molar-refractivity contribution in [2.75, 3.05) is 23.3 Å². The van der Waals surface area contributed by atoms with Gasteiger partial charge in [-0.05, 0) is 43.5 Å². The SMILES string of the molecule is C[C@H]1CCCN(c2cc(C(F)(F)F)nc(NC(=S)N[C@@H](C)c3ccccc3)n2)C1. The van der Waals surface area contributed by atoms with E-state index in [4.69, 9.17) is 12.2 Å². The minimum atomic E-state index is -4.57. The molecule has 1 aromatic carbocycles. The van der Waals surface area contributed by atoms with Crippen molar-refractivity contribution in [2.45, 2.75) is 38.9 Å². The van der Waals surface area contributed by atoms with E-state index in [9.17, 15) is 13.2 Å². The van der Waals surface area contributed by atoms with Crippen LogP contribution >= 0.6 is 12.2 Å². The zero-order valence-corrected chi connectivity index (χ0v) is 17.1. The lowest BCUT2D eigenvalue weighted by Crippen LogP contribution is -2.36. The van der Waals surface area contributed by atoms with Crippen LogP contribution in [0.2, 0.25) is 0 Å².